The quantitative estimate of drug-likeness (QED) is 0.797. The number of hydrogen-bond donors (Lipinski definition) is 1. The number of benzene rings is 1. The Balaban J connectivity index is 2.17. The van der Waals surface area contributed by atoms with E-state index in [1.54, 1.807) is 6.07 Å². The van der Waals surface area contributed by atoms with Gasteiger partial charge in [0.2, 0.25) is 0 Å². The zero-order chi connectivity index (χ0) is 14.5. The highest BCUT2D eigenvalue weighted by atomic mass is 32.2. The Bertz CT molecular complexity index is 554. The fourth-order valence-corrected chi connectivity index (χ4v) is 3.11. The molecule has 0 aliphatic heterocycles. The Morgan fingerprint density at radius 2 is 2.10 bits per heavy atom. The topological polar surface area (TPSA) is 25.2 Å². The van der Waals surface area contributed by atoms with Gasteiger partial charge < -0.3 is 9.73 Å². The molecule has 0 fully saturated rings. The molecular formula is C16H22FNOS. The van der Waals surface area contributed by atoms with Crippen molar-refractivity contribution >= 4 is 22.7 Å². The molecule has 110 valence electrons. The molecule has 0 aliphatic carbocycles. The van der Waals surface area contributed by atoms with E-state index in [-0.39, 0.29) is 11.9 Å². The molecule has 2 atom stereocenters. The molecule has 0 bridgehead atoms. The second-order valence-corrected chi connectivity index (χ2v) is 6.46. The van der Waals surface area contributed by atoms with E-state index in [9.17, 15) is 4.39 Å². The van der Waals surface area contributed by atoms with Gasteiger partial charge in [-0.2, -0.15) is 11.8 Å². The first-order chi connectivity index (χ1) is 9.63. The average Bonchev–Trinajstić information content (AvgIpc) is 2.85. The number of thioether (sulfide) groups is 1. The van der Waals surface area contributed by atoms with Crippen LogP contribution < -0.4 is 5.32 Å². The van der Waals surface area contributed by atoms with Crippen molar-refractivity contribution in [2.45, 2.75) is 38.5 Å². The summed E-state index contributed by atoms with van der Waals surface area (Å²) in [4.78, 5) is 0. The summed E-state index contributed by atoms with van der Waals surface area (Å²) in [6.45, 7) is 7.41. The summed E-state index contributed by atoms with van der Waals surface area (Å²) >= 11 is 1.94. The number of furan rings is 1. The second kappa shape index (κ2) is 7.14. The van der Waals surface area contributed by atoms with Crippen LogP contribution in [0.5, 0.6) is 0 Å². The lowest BCUT2D eigenvalue weighted by Crippen LogP contribution is -2.23. The van der Waals surface area contributed by atoms with Gasteiger partial charge in [0.25, 0.3) is 0 Å². The van der Waals surface area contributed by atoms with E-state index in [2.05, 4.69) is 26.1 Å². The Morgan fingerprint density at radius 1 is 1.30 bits per heavy atom. The van der Waals surface area contributed by atoms with E-state index in [1.165, 1.54) is 12.1 Å². The Kier molecular flexibility index (Phi) is 5.49. The van der Waals surface area contributed by atoms with Crippen molar-refractivity contribution in [2.75, 3.05) is 12.3 Å². The van der Waals surface area contributed by atoms with Gasteiger partial charge in [0.1, 0.15) is 17.2 Å². The van der Waals surface area contributed by atoms with Gasteiger partial charge in [0.05, 0.1) is 6.04 Å². The Morgan fingerprint density at radius 3 is 2.80 bits per heavy atom. The average molecular weight is 295 g/mol. The third-order valence-corrected chi connectivity index (χ3v) is 4.84. The lowest BCUT2D eigenvalue weighted by atomic mass is 10.2. The van der Waals surface area contributed by atoms with E-state index in [0.717, 1.165) is 35.4 Å². The molecule has 1 N–H and O–H groups in total. The smallest absolute Gasteiger partial charge is 0.134 e. The molecule has 20 heavy (non-hydrogen) atoms. The number of halogens is 1. The molecule has 1 heterocycles. The molecule has 1 aromatic heterocycles. The van der Waals surface area contributed by atoms with Gasteiger partial charge in [-0.05, 0) is 37.2 Å². The normalized spacial score (nSPS) is 14.6. The van der Waals surface area contributed by atoms with Crippen LogP contribution in [0, 0.1) is 5.82 Å². The van der Waals surface area contributed by atoms with Crippen molar-refractivity contribution < 1.29 is 8.81 Å². The van der Waals surface area contributed by atoms with Gasteiger partial charge in [-0.15, -0.1) is 0 Å². The van der Waals surface area contributed by atoms with Crippen molar-refractivity contribution in [3.63, 3.8) is 0 Å². The van der Waals surface area contributed by atoms with Crippen LogP contribution in [-0.4, -0.2) is 17.5 Å². The maximum atomic E-state index is 13.2. The maximum absolute atomic E-state index is 13.2. The van der Waals surface area contributed by atoms with Crippen LogP contribution in [-0.2, 0) is 0 Å². The van der Waals surface area contributed by atoms with E-state index in [1.807, 2.05) is 17.8 Å². The highest BCUT2D eigenvalue weighted by molar-refractivity contribution is 7.99. The van der Waals surface area contributed by atoms with Crippen molar-refractivity contribution in [1.82, 2.24) is 5.32 Å². The third-order valence-electron chi connectivity index (χ3n) is 3.41. The predicted octanol–water partition coefficient (Wildman–Crippen LogP) is 4.75. The molecular weight excluding hydrogens is 273 g/mol. The minimum absolute atomic E-state index is 0.175. The number of rotatable bonds is 7. The highest BCUT2D eigenvalue weighted by Crippen LogP contribution is 2.28. The van der Waals surface area contributed by atoms with Gasteiger partial charge in [-0.1, -0.05) is 20.8 Å². The molecule has 2 unspecified atom stereocenters. The van der Waals surface area contributed by atoms with Gasteiger partial charge in [-0.3, -0.25) is 0 Å². The van der Waals surface area contributed by atoms with E-state index in [4.69, 9.17) is 4.42 Å². The van der Waals surface area contributed by atoms with Crippen molar-refractivity contribution in [2.24, 2.45) is 0 Å². The molecule has 0 radical (unpaired) electrons. The fraction of sp³-hybridized carbons (Fsp3) is 0.500. The van der Waals surface area contributed by atoms with Crippen molar-refractivity contribution in [1.29, 1.82) is 0 Å². The molecule has 2 rings (SSSR count). The summed E-state index contributed by atoms with van der Waals surface area (Å²) in [5.41, 5.74) is 0.748. The van der Waals surface area contributed by atoms with Crippen LogP contribution in [0.15, 0.2) is 28.7 Å². The first-order valence-corrected chi connectivity index (χ1v) is 8.22. The number of hydrogen-bond acceptors (Lipinski definition) is 3. The van der Waals surface area contributed by atoms with Crippen LogP contribution in [0.1, 0.15) is 39.0 Å². The minimum atomic E-state index is -0.223. The zero-order valence-electron chi connectivity index (χ0n) is 12.3. The molecule has 1 aromatic carbocycles. The third kappa shape index (κ3) is 3.76. The molecule has 0 saturated carbocycles. The van der Waals surface area contributed by atoms with Gasteiger partial charge in [0.15, 0.2) is 0 Å². The van der Waals surface area contributed by atoms with Crippen LogP contribution in [0.25, 0.3) is 11.0 Å². The fourth-order valence-electron chi connectivity index (χ4n) is 2.07. The van der Waals surface area contributed by atoms with Gasteiger partial charge >= 0.3 is 0 Å². The Labute approximate surface area is 124 Å². The van der Waals surface area contributed by atoms with Crippen LogP contribution in [0.2, 0.25) is 0 Å². The van der Waals surface area contributed by atoms with E-state index < -0.39 is 0 Å². The maximum Gasteiger partial charge on any atom is 0.134 e. The zero-order valence-corrected chi connectivity index (χ0v) is 13.1. The van der Waals surface area contributed by atoms with E-state index >= 15 is 0 Å². The lowest BCUT2D eigenvalue weighted by molar-refractivity contribution is 0.463. The monoisotopic (exact) mass is 295 g/mol. The minimum Gasteiger partial charge on any atom is -0.459 e. The summed E-state index contributed by atoms with van der Waals surface area (Å²) in [5, 5.41) is 4.91. The van der Waals surface area contributed by atoms with Crippen LogP contribution in [0.3, 0.4) is 0 Å². The summed E-state index contributed by atoms with van der Waals surface area (Å²) < 4.78 is 19.1. The van der Waals surface area contributed by atoms with Crippen LogP contribution in [0.4, 0.5) is 4.39 Å². The molecule has 2 aromatic rings. The first kappa shape index (κ1) is 15.4. The molecule has 0 aliphatic rings. The largest absolute Gasteiger partial charge is 0.459 e. The summed E-state index contributed by atoms with van der Waals surface area (Å²) in [6.07, 6.45) is 1.16. The van der Waals surface area contributed by atoms with Crippen LogP contribution >= 0.6 is 11.8 Å². The first-order valence-electron chi connectivity index (χ1n) is 7.18. The summed E-state index contributed by atoms with van der Waals surface area (Å²) in [7, 11) is 0. The molecule has 4 heteroatoms. The summed E-state index contributed by atoms with van der Waals surface area (Å²) in [5.74, 6) is 1.63. The van der Waals surface area contributed by atoms with Crippen molar-refractivity contribution in [3.8, 4) is 0 Å². The molecule has 0 saturated heterocycles. The standard InChI is InChI=1S/C16H22FNOS/c1-4-11(3)20-10-14(18-5-2)16-9-12-8-13(17)6-7-15(12)19-16/h6-9,11,14,18H,4-5,10H2,1-3H3. The second-order valence-electron chi connectivity index (χ2n) is 4.99. The number of nitrogens with one attached hydrogen (secondary N) is 1. The van der Waals surface area contributed by atoms with E-state index in [0.29, 0.717) is 5.25 Å². The van der Waals surface area contributed by atoms with Gasteiger partial charge in [0, 0.05) is 16.4 Å². The van der Waals surface area contributed by atoms with Crippen molar-refractivity contribution in [3.05, 3.63) is 35.8 Å². The number of fused-ring (bicyclic) bond motifs is 1. The molecule has 0 amide bonds. The molecule has 0 spiro atoms. The highest BCUT2D eigenvalue weighted by Gasteiger charge is 2.17. The SMILES string of the molecule is CCNC(CSC(C)CC)c1cc2cc(F)ccc2o1. The predicted molar refractivity (Wildman–Crippen MR) is 84.8 cm³/mol. The lowest BCUT2D eigenvalue weighted by Gasteiger charge is -2.17. The Hall–Kier alpha value is -1.00. The molecule has 2 nitrogen and oxygen atoms in total. The van der Waals surface area contributed by atoms with Gasteiger partial charge in [-0.25, -0.2) is 4.39 Å². The summed E-state index contributed by atoms with van der Waals surface area (Å²) in [6, 6.07) is 6.77.